The molecule has 0 saturated carbocycles. The summed E-state index contributed by atoms with van der Waals surface area (Å²) >= 11 is 0. The lowest BCUT2D eigenvalue weighted by atomic mass is 10.0. The van der Waals surface area contributed by atoms with Crippen molar-refractivity contribution >= 4 is 22.4 Å². The highest BCUT2D eigenvalue weighted by molar-refractivity contribution is 5.97. The third kappa shape index (κ3) is 3.04. The second kappa shape index (κ2) is 6.28. The van der Waals surface area contributed by atoms with Crippen molar-refractivity contribution in [3.05, 3.63) is 66.4 Å². The van der Waals surface area contributed by atoms with E-state index in [4.69, 9.17) is 9.72 Å². The first-order valence-electron chi connectivity index (χ1n) is 8.05. The van der Waals surface area contributed by atoms with Gasteiger partial charge in [-0.2, -0.15) is 5.10 Å². The van der Waals surface area contributed by atoms with Crippen molar-refractivity contribution in [3.8, 4) is 17.0 Å². The smallest absolute Gasteiger partial charge is 0.153 e. The number of hydrogen-bond acceptors (Lipinski definition) is 4. The largest absolute Gasteiger partial charge is 0.497 e. The summed E-state index contributed by atoms with van der Waals surface area (Å²) < 4.78 is 5.37. The molecule has 0 atom stereocenters. The number of rotatable bonds is 4. The van der Waals surface area contributed by atoms with Crippen LogP contribution in [-0.4, -0.2) is 22.3 Å². The average Bonchev–Trinajstić information content (AvgIpc) is 3.13. The number of pyridine rings is 1. The number of aromatic nitrogens is 3. The number of anilines is 2. The summed E-state index contributed by atoms with van der Waals surface area (Å²) in [6, 6.07) is 18.3. The molecule has 0 unspecified atom stereocenters. The van der Waals surface area contributed by atoms with Gasteiger partial charge in [-0.15, -0.1) is 0 Å². The third-order valence-electron chi connectivity index (χ3n) is 4.09. The molecule has 4 aromatic rings. The van der Waals surface area contributed by atoms with Crippen LogP contribution in [0.1, 0.15) is 5.56 Å². The molecule has 0 aliphatic heterocycles. The van der Waals surface area contributed by atoms with Crippen LogP contribution in [0.15, 0.2) is 60.8 Å². The van der Waals surface area contributed by atoms with Crippen LogP contribution in [0, 0.1) is 6.92 Å². The van der Waals surface area contributed by atoms with E-state index in [0.717, 1.165) is 39.4 Å². The van der Waals surface area contributed by atoms with Crippen LogP contribution in [0.3, 0.4) is 0 Å². The first-order chi connectivity index (χ1) is 12.2. The van der Waals surface area contributed by atoms with E-state index in [9.17, 15) is 0 Å². The number of hydrogen-bond donors (Lipinski definition) is 2. The number of benzene rings is 2. The van der Waals surface area contributed by atoms with Crippen LogP contribution >= 0.6 is 0 Å². The van der Waals surface area contributed by atoms with E-state index in [1.807, 2.05) is 24.3 Å². The van der Waals surface area contributed by atoms with Gasteiger partial charge in [0, 0.05) is 23.2 Å². The van der Waals surface area contributed by atoms with Gasteiger partial charge in [0.1, 0.15) is 11.6 Å². The fourth-order valence-corrected chi connectivity index (χ4v) is 2.90. The maximum atomic E-state index is 5.37. The number of nitrogens with zero attached hydrogens (tertiary/aromatic N) is 2. The van der Waals surface area contributed by atoms with Crippen molar-refractivity contribution in [2.45, 2.75) is 6.92 Å². The number of H-pyrrole nitrogens is 1. The lowest BCUT2D eigenvalue weighted by molar-refractivity contribution is 0.415. The van der Waals surface area contributed by atoms with Gasteiger partial charge in [0.15, 0.2) is 5.82 Å². The maximum Gasteiger partial charge on any atom is 0.153 e. The molecule has 0 spiro atoms. The van der Waals surface area contributed by atoms with E-state index in [1.165, 1.54) is 5.56 Å². The van der Waals surface area contributed by atoms with Crippen molar-refractivity contribution in [2.24, 2.45) is 0 Å². The van der Waals surface area contributed by atoms with E-state index in [-0.39, 0.29) is 0 Å². The third-order valence-corrected chi connectivity index (χ3v) is 4.09. The van der Waals surface area contributed by atoms with Crippen LogP contribution in [0.25, 0.3) is 22.0 Å². The van der Waals surface area contributed by atoms with Crippen molar-refractivity contribution in [1.29, 1.82) is 0 Å². The van der Waals surface area contributed by atoms with E-state index in [2.05, 4.69) is 52.8 Å². The lowest BCUT2D eigenvalue weighted by Gasteiger charge is -2.12. The van der Waals surface area contributed by atoms with E-state index < -0.39 is 0 Å². The fourth-order valence-electron chi connectivity index (χ4n) is 2.90. The topological polar surface area (TPSA) is 62.8 Å². The van der Waals surface area contributed by atoms with Crippen molar-refractivity contribution < 1.29 is 4.74 Å². The minimum absolute atomic E-state index is 0.727. The second-order valence-electron chi connectivity index (χ2n) is 5.90. The number of nitrogens with one attached hydrogen (secondary N) is 2. The fraction of sp³-hybridized carbons (Fsp3) is 0.100. The highest BCUT2D eigenvalue weighted by Gasteiger charge is 2.10. The molecule has 5 nitrogen and oxygen atoms in total. The zero-order valence-corrected chi connectivity index (χ0v) is 14.1. The Morgan fingerprint density at radius 2 is 1.92 bits per heavy atom. The molecule has 25 heavy (non-hydrogen) atoms. The summed E-state index contributed by atoms with van der Waals surface area (Å²) in [5.74, 6) is 2.29. The highest BCUT2D eigenvalue weighted by Crippen LogP contribution is 2.32. The molecule has 0 radical (unpaired) electrons. The monoisotopic (exact) mass is 330 g/mol. The van der Waals surface area contributed by atoms with Gasteiger partial charge < -0.3 is 10.1 Å². The molecule has 0 bridgehead atoms. The molecule has 2 aromatic heterocycles. The first kappa shape index (κ1) is 15.2. The number of aromatic amines is 1. The molecule has 5 heteroatoms. The Bertz CT molecular complexity index is 1030. The summed E-state index contributed by atoms with van der Waals surface area (Å²) in [6.45, 7) is 2.08. The quantitative estimate of drug-likeness (QED) is 0.570. The Morgan fingerprint density at radius 3 is 2.68 bits per heavy atom. The second-order valence-corrected chi connectivity index (χ2v) is 5.90. The molecule has 0 aliphatic rings. The molecule has 0 fully saturated rings. The standard InChI is InChI=1S/C20H18N4O/c1-13-4-3-5-14(10-13)20-17-7-6-16(25-2)11-15(17)12-19(23-20)22-18-8-9-21-24-18/h3-12H,1-2H3,(H2,21,22,23,24). The van der Waals surface area contributed by atoms with Crippen LogP contribution in [0.4, 0.5) is 11.6 Å². The Kier molecular flexibility index (Phi) is 3.82. The van der Waals surface area contributed by atoms with Gasteiger partial charge in [-0.05, 0) is 42.6 Å². The first-order valence-corrected chi connectivity index (χ1v) is 8.05. The molecule has 124 valence electrons. The number of methoxy groups -OCH3 is 1. The number of aryl methyl sites for hydroxylation is 1. The zero-order valence-electron chi connectivity index (χ0n) is 14.1. The van der Waals surface area contributed by atoms with Gasteiger partial charge in [-0.25, -0.2) is 4.98 Å². The number of fused-ring (bicyclic) bond motifs is 1. The summed E-state index contributed by atoms with van der Waals surface area (Å²) in [5, 5.41) is 12.3. The molecule has 2 heterocycles. The van der Waals surface area contributed by atoms with Crippen molar-refractivity contribution in [2.75, 3.05) is 12.4 Å². The summed E-state index contributed by atoms with van der Waals surface area (Å²) in [5.41, 5.74) is 3.22. The van der Waals surface area contributed by atoms with Gasteiger partial charge in [0.25, 0.3) is 0 Å². The van der Waals surface area contributed by atoms with Crippen LogP contribution in [0.5, 0.6) is 5.75 Å². The van der Waals surface area contributed by atoms with Gasteiger partial charge in [0.2, 0.25) is 0 Å². The van der Waals surface area contributed by atoms with Gasteiger partial charge in [-0.3, -0.25) is 5.10 Å². The van der Waals surface area contributed by atoms with Crippen molar-refractivity contribution in [1.82, 2.24) is 15.2 Å². The molecule has 2 aromatic carbocycles. The normalized spacial score (nSPS) is 10.8. The predicted octanol–water partition coefficient (Wildman–Crippen LogP) is 4.69. The Labute approximate surface area is 145 Å². The van der Waals surface area contributed by atoms with E-state index in [0.29, 0.717) is 0 Å². The highest BCUT2D eigenvalue weighted by atomic mass is 16.5. The molecule has 0 aliphatic carbocycles. The Morgan fingerprint density at radius 1 is 1.00 bits per heavy atom. The van der Waals surface area contributed by atoms with Crippen LogP contribution in [0.2, 0.25) is 0 Å². The van der Waals surface area contributed by atoms with Gasteiger partial charge >= 0.3 is 0 Å². The van der Waals surface area contributed by atoms with Crippen molar-refractivity contribution in [3.63, 3.8) is 0 Å². The minimum Gasteiger partial charge on any atom is -0.497 e. The molecule has 0 amide bonds. The molecular weight excluding hydrogens is 312 g/mol. The van der Waals surface area contributed by atoms with Crippen LogP contribution < -0.4 is 10.1 Å². The Balaban J connectivity index is 1.92. The van der Waals surface area contributed by atoms with Crippen LogP contribution in [-0.2, 0) is 0 Å². The number of ether oxygens (including phenoxy) is 1. The summed E-state index contributed by atoms with van der Waals surface area (Å²) in [4.78, 5) is 4.84. The van der Waals surface area contributed by atoms with E-state index in [1.54, 1.807) is 13.3 Å². The Hall–Kier alpha value is -3.34. The van der Waals surface area contributed by atoms with E-state index >= 15 is 0 Å². The molecular formula is C20H18N4O. The summed E-state index contributed by atoms with van der Waals surface area (Å²) in [6.07, 6.45) is 1.77. The zero-order chi connectivity index (χ0) is 17.2. The summed E-state index contributed by atoms with van der Waals surface area (Å²) in [7, 11) is 1.67. The molecule has 2 N–H and O–H groups in total. The average molecular weight is 330 g/mol. The minimum atomic E-state index is 0.727. The molecule has 0 saturated heterocycles. The van der Waals surface area contributed by atoms with Gasteiger partial charge in [0.05, 0.1) is 12.8 Å². The van der Waals surface area contributed by atoms with Gasteiger partial charge in [-0.1, -0.05) is 23.8 Å². The maximum absolute atomic E-state index is 5.37. The predicted molar refractivity (Wildman–Crippen MR) is 100 cm³/mol. The SMILES string of the molecule is COc1ccc2c(-c3cccc(C)c3)nc(Nc3cc[nH]n3)cc2c1. The lowest BCUT2D eigenvalue weighted by Crippen LogP contribution is -1.97. The molecule has 4 rings (SSSR count).